The molecule has 3 rings (SSSR count). The van der Waals surface area contributed by atoms with Gasteiger partial charge in [0.05, 0.1) is 0 Å². The van der Waals surface area contributed by atoms with Gasteiger partial charge in [0.15, 0.2) is 6.10 Å². The van der Waals surface area contributed by atoms with Crippen molar-refractivity contribution in [2.45, 2.75) is 23.7 Å². The van der Waals surface area contributed by atoms with Crippen molar-refractivity contribution in [1.82, 2.24) is 0 Å². The number of benzene rings is 3. The van der Waals surface area contributed by atoms with E-state index in [-0.39, 0.29) is 11.7 Å². The maximum atomic E-state index is 12.9. The highest BCUT2D eigenvalue weighted by Gasteiger charge is 2.15. The van der Waals surface area contributed by atoms with Crippen molar-refractivity contribution in [3.05, 3.63) is 90.2 Å². The Morgan fingerprint density at radius 2 is 1.67 bits per heavy atom. The lowest BCUT2D eigenvalue weighted by Crippen LogP contribution is -2.30. The molecule has 0 spiro atoms. The van der Waals surface area contributed by atoms with Gasteiger partial charge in [0.25, 0.3) is 5.91 Å². The van der Waals surface area contributed by atoms with Crippen LogP contribution in [0.3, 0.4) is 0 Å². The number of hydrogen-bond donors (Lipinski definition) is 1. The molecule has 5 heteroatoms. The predicted octanol–water partition coefficient (Wildman–Crippen LogP) is 5.52. The molecular formula is C22H20FNO2S. The molecule has 0 saturated heterocycles. The van der Waals surface area contributed by atoms with E-state index in [4.69, 9.17) is 4.74 Å². The van der Waals surface area contributed by atoms with Gasteiger partial charge in [-0.15, -0.1) is 11.8 Å². The van der Waals surface area contributed by atoms with E-state index in [0.29, 0.717) is 11.4 Å². The van der Waals surface area contributed by atoms with Gasteiger partial charge in [0, 0.05) is 16.3 Å². The molecule has 27 heavy (non-hydrogen) atoms. The van der Waals surface area contributed by atoms with Crippen LogP contribution in [0.1, 0.15) is 12.5 Å². The van der Waals surface area contributed by atoms with E-state index in [1.165, 1.54) is 34.7 Å². The van der Waals surface area contributed by atoms with E-state index >= 15 is 0 Å². The SMILES string of the molecule is C[C@H](Oc1ccc(F)cc1)C(=O)Nc1ccc(CSc2ccccc2)cc1. The molecule has 0 unspecified atom stereocenters. The number of halogens is 1. The summed E-state index contributed by atoms with van der Waals surface area (Å²) in [6.45, 7) is 1.66. The first-order chi connectivity index (χ1) is 13.1. The van der Waals surface area contributed by atoms with Gasteiger partial charge in [-0.1, -0.05) is 30.3 Å². The molecular weight excluding hydrogens is 361 g/mol. The molecule has 138 valence electrons. The highest BCUT2D eigenvalue weighted by atomic mass is 32.2. The Hall–Kier alpha value is -2.79. The minimum absolute atomic E-state index is 0.259. The van der Waals surface area contributed by atoms with Gasteiger partial charge >= 0.3 is 0 Å². The average molecular weight is 381 g/mol. The van der Waals surface area contributed by atoms with Gasteiger partial charge in [0.1, 0.15) is 11.6 Å². The number of carbonyl (C=O) groups is 1. The van der Waals surface area contributed by atoms with Crippen molar-refractivity contribution in [3.63, 3.8) is 0 Å². The lowest BCUT2D eigenvalue weighted by Gasteiger charge is -2.15. The van der Waals surface area contributed by atoms with E-state index < -0.39 is 6.10 Å². The first-order valence-electron chi connectivity index (χ1n) is 8.60. The molecule has 0 aliphatic rings. The van der Waals surface area contributed by atoms with Crippen LogP contribution in [0.15, 0.2) is 83.8 Å². The number of hydrogen-bond acceptors (Lipinski definition) is 3. The molecule has 1 amide bonds. The quantitative estimate of drug-likeness (QED) is 0.547. The molecule has 3 nitrogen and oxygen atoms in total. The summed E-state index contributed by atoms with van der Waals surface area (Å²) in [5, 5.41) is 2.83. The van der Waals surface area contributed by atoms with Crippen molar-refractivity contribution < 1.29 is 13.9 Å². The Morgan fingerprint density at radius 1 is 1.00 bits per heavy atom. The van der Waals surface area contributed by atoms with E-state index in [9.17, 15) is 9.18 Å². The minimum atomic E-state index is -0.691. The molecule has 3 aromatic rings. The number of thioether (sulfide) groups is 1. The van der Waals surface area contributed by atoms with Crippen LogP contribution in [0.2, 0.25) is 0 Å². The van der Waals surface area contributed by atoms with Crippen molar-refractivity contribution in [2.24, 2.45) is 0 Å². The van der Waals surface area contributed by atoms with Crippen molar-refractivity contribution in [2.75, 3.05) is 5.32 Å². The summed E-state index contributed by atoms with van der Waals surface area (Å²) in [5.74, 6) is 0.713. The molecule has 0 heterocycles. The van der Waals surface area contributed by atoms with Gasteiger partial charge in [-0.25, -0.2) is 4.39 Å². The number of carbonyl (C=O) groups excluding carboxylic acids is 1. The molecule has 0 radical (unpaired) electrons. The Labute approximate surface area is 162 Å². The summed E-state index contributed by atoms with van der Waals surface area (Å²) in [6.07, 6.45) is -0.691. The third-order valence-electron chi connectivity index (χ3n) is 3.87. The van der Waals surface area contributed by atoms with Crippen LogP contribution < -0.4 is 10.1 Å². The summed E-state index contributed by atoms with van der Waals surface area (Å²) < 4.78 is 18.5. The predicted molar refractivity (Wildman–Crippen MR) is 108 cm³/mol. The molecule has 0 aromatic heterocycles. The fraction of sp³-hybridized carbons (Fsp3) is 0.136. The van der Waals surface area contributed by atoms with Gasteiger partial charge in [-0.05, 0) is 61.0 Å². The average Bonchev–Trinajstić information content (AvgIpc) is 2.70. The van der Waals surface area contributed by atoms with Crippen LogP contribution in [0.4, 0.5) is 10.1 Å². The summed E-state index contributed by atoms with van der Waals surface area (Å²) in [7, 11) is 0. The zero-order chi connectivity index (χ0) is 19.1. The number of amides is 1. The Morgan fingerprint density at radius 3 is 2.33 bits per heavy atom. The van der Waals surface area contributed by atoms with Crippen molar-refractivity contribution in [3.8, 4) is 5.75 Å². The van der Waals surface area contributed by atoms with E-state index in [1.807, 2.05) is 42.5 Å². The normalized spacial score (nSPS) is 11.6. The van der Waals surface area contributed by atoms with Gasteiger partial charge in [0.2, 0.25) is 0 Å². The summed E-state index contributed by atoms with van der Waals surface area (Å²) >= 11 is 1.77. The van der Waals surface area contributed by atoms with Crippen LogP contribution in [-0.4, -0.2) is 12.0 Å². The first kappa shape index (κ1) is 19.0. The van der Waals surface area contributed by atoms with Crippen molar-refractivity contribution >= 4 is 23.4 Å². The van der Waals surface area contributed by atoms with Crippen molar-refractivity contribution in [1.29, 1.82) is 0 Å². The molecule has 1 N–H and O–H groups in total. The highest BCUT2D eigenvalue weighted by molar-refractivity contribution is 7.98. The van der Waals surface area contributed by atoms with E-state index in [2.05, 4.69) is 17.4 Å². The van der Waals surface area contributed by atoms with Gasteiger partial charge < -0.3 is 10.1 Å². The lowest BCUT2D eigenvalue weighted by atomic mass is 10.2. The third kappa shape index (κ3) is 5.86. The topological polar surface area (TPSA) is 38.3 Å². The molecule has 3 aromatic carbocycles. The van der Waals surface area contributed by atoms with E-state index in [0.717, 1.165) is 5.75 Å². The molecule has 0 fully saturated rings. The zero-order valence-electron chi connectivity index (χ0n) is 14.9. The second-order valence-corrected chi connectivity index (χ2v) is 7.05. The number of ether oxygens (including phenoxy) is 1. The van der Waals surface area contributed by atoms with Crippen LogP contribution in [-0.2, 0) is 10.5 Å². The standard InChI is InChI=1S/C22H20FNO2S/c1-16(26-20-13-9-18(23)10-14-20)22(25)24-19-11-7-17(8-12-19)15-27-21-5-3-2-4-6-21/h2-14,16H,15H2,1H3,(H,24,25)/t16-/m0/s1. The molecule has 1 atom stereocenters. The van der Waals surface area contributed by atoms with Crippen LogP contribution in [0.25, 0.3) is 0 Å². The molecule has 0 aliphatic heterocycles. The van der Waals surface area contributed by atoms with E-state index in [1.54, 1.807) is 18.7 Å². The summed E-state index contributed by atoms with van der Waals surface area (Å²) in [6, 6.07) is 23.6. The fourth-order valence-electron chi connectivity index (χ4n) is 2.38. The summed E-state index contributed by atoms with van der Waals surface area (Å²) in [5.41, 5.74) is 1.89. The second-order valence-electron chi connectivity index (χ2n) is 6.00. The van der Waals surface area contributed by atoms with Gasteiger partial charge in [-0.3, -0.25) is 4.79 Å². The number of nitrogens with one attached hydrogen (secondary N) is 1. The molecule has 0 saturated carbocycles. The Bertz CT molecular complexity index is 867. The Kier molecular flexibility index (Phi) is 6.49. The molecule has 0 aliphatic carbocycles. The smallest absolute Gasteiger partial charge is 0.265 e. The maximum absolute atomic E-state index is 12.9. The van der Waals surface area contributed by atoms with Crippen LogP contribution in [0, 0.1) is 5.82 Å². The summed E-state index contributed by atoms with van der Waals surface area (Å²) in [4.78, 5) is 13.5. The zero-order valence-corrected chi connectivity index (χ0v) is 15.7. The lowest BCUT2D eigenvalue weighted by molar-refractivity contribution is -0.122. The van der Waals surface area contributed by atoms with Crippen LogP contribution >= 0.6 is 11.8 Å². The second kappa shape index (κ2) is 9.24. The van der Waals surface area contributed by atoms with Gasteiger partial charge in [-0.2, -0.15) is 0 Å². The third-order valence-corrected chi connectivity index (χ3v) is 4.95. The monoisotopic (exact) mass is 381 g/mol. The molecule has 0 bridgehead atoms. The highest BCUT2D eigenvalue weighted by Crippen LogP contribution is 2.23. The minimum Gasteiger partial charge on any atom is -0.481 e. The largest absolute Gasteiger partial charge is 0.481 e. The maximum Gasteiger partial charge on any atom is 0.265 e. The number of anilines is 1. The Balaban J connectivity index is 1.51. The fourth-order valence-corrected chi connectivity index (χ4v) is 3.26. The van der Waals surface area contributed by atoms with Crippen LogP contribution in [0.5, 0.6) is 5.75 Å². The number of rotatable bonds is 7. The first-order valence-corrected chi connectivity index (χ1v) is 9.58.